The first-order valence-electron chi connectivity index (χ1n) is 8.35. The fourth-order valence-electron chi connectivity index (χ4n) is 3.34. The number of ether oxygens (including phenoxy) is 1. The van der Waals surface area contributed by atoms with Gasteiger partial charge in [-0.2, -0.15) is 0 Å². The molecule has 0 amide bonds. The minimum Gasteiger partial charge on any atom is -0.497 e. The van der Waals surface area contributed by atoms with Crippen LogP contribution in [-0.2, 0) is 10.2 Å². The lowest BCUT2D eigenvalue weighted by molar-refractivity contribution is -0.110. The van der Waals surface area contributed by atoms with E-state index in [9.17, 15) is 4.79 Å². The van der Waals surface area contributed by atoms with Gasteiger partial charge in [0.25, 0.3) is 0 Å². The van der Waals surface area contributed by atoms with Gasteiger partial charge in [0.1, 0.15) is 5.75 Å². The van der Waals surface area contributed by atoms with Gasteiger partial charge in [0.2, 0.25) is 0 Å². The molecule has 0 saturated carbocycles. The summed E-state index contributed by atoms with van der Waals surface area (Å²) in [5.41, 5.74) is 4.20. The van der Waals surface area contributed by atoms with Crippen molar-refractivity contribution in [3.05, 3.63) is 77.5 Å². The van der Waals surface area contributed by atoms with Crippen LogP contribution in [0.5, 0.6) is 5.75 Å². The highest BCUT2D eigenvalue weighted by molar-refractivity contribution is 6.03. The van der Waals surface area contributed by atoms with Gasteiger partial charge in [-0.3, -0.25) is 4.79 Å². The number of methoxy groups -OCH3 is 1. The maximum atomic E-state index is 12.5. The second kappa shape index (κ2) is 6.60. The summed E-state index contributed by atoms with van der Waals surface area (Å²) in [7, 11) is 3.65. The summed E-state index contributed by atoms with van der Waals surface area (Å²) in [6, 6.07) is 15.9. The van der Waals surface area contributed by atoms with Crippen molar-refractivity contribution in [2.45, 2.75) is 19.3 Å². The standard InChI is InChI=1S/C22H23NO2/c1-22(2)19-7-5-6-8-20(19)23(3)21(22)15-17(24)12-9-16-10-13-18(25-4)14-11-16/h5-15H,1-4H3/b12-9+,21-15?. The Balaban J connectivity index is 1.82. The zero-order valence-corrected chi connectivity index (χ0v) is 15.1. The molecule has 3 nitrogen and oxygen atoms in total. The van der Waals surface area contributed by atoms with Crippen LogP contribution in [-0.4, -0.2) is 19.9 Å². The first kappa shape index (κ1) is 17.0. The number of fused-ring (bicyclic) bond motifs is 1. The van der Waals surface area contributed by atoms with E-state index in [4.69, 9.17) is 4.74 Å². The Morgan fingerprint density at radius 2 is 1.76 bits per heavy atom. The molecule has 0 saturated heterocycles. The normalized spacial score (nSPS) is 17.1. The molecule has 128 valence electrons. The molecule has 0 radical (unpaired) electrons. The number of hydrogen-bond acceptors (Lipinski definition) is 3. The predicted molar refractivity (Wildman–Crippen MR) is 103 cm³/mol. The largest absolute Gasteiger partial charge is 0.497 e. The number of anilines is 1. The van der Waals surface area contributed by atoms with Crippen LogP contribution in [0.2, 0.25) is 0 Å². The van der Waals surface area contributed by atoms with Gasteiger partial charge >= 0.3 is 0 Å². The Morgan fingerprint density at radius 1 is 1.08 bits per heavy atom. The van der Waals surface area contributed by atoms with Gasteiger partial charge in [0.15, 0.2) is 5.78 Å². The third-order valence-corrected chi connectivity index (χ3v) is 4.78. The first-order valence-corrected chi connectivity index (χ1v) is 8.35. The molecule has 2 aromatic rings. The van der Waals surface area contributed by atoms with E-state index in [-0.39, 0.29) is 11.2 Å². The lowest BCUT2D eigenvalue weighted by Gasteiger charge is -2.23. The van der Waals surface area contributed by atoms with Gasteiger partial charge in [-0.25, -0.2) is 0 Å². The van der Waals surface area contributed by atoms with Crippen molar-refractivity contribution in [2.75, 3.05) is 19.1 Å². The average Bonchev–Trinajstić information content (AvgIpc) is 2.82. The highest BCUT2D eigenvalue weighted by atomic mass is 16.5. The van der Waals surface area contributed by atoms with Crippen LogP contribution >= 0.6 is 0 Å². The number of likely N-dealkylation sites (N-methyl/N-ethyl adjacent to an activating group) is 1. The fraction of sp³-hybridized carbons (Fsp3) is 0.227. The van der Waals surface area contributed by atoms with E-state index in [1.165, 1.54) is 5.56 Å². The molecule has 0 N–H and O–H groups in total. The number of ketones is 1. The van der Waals surface area contributed by atoms with Crippen molar-refractivity contribution in [1.82, 2.24) is 0 Å². The molecule has 0 aliphatic carbocycles. The van der Waals surface area contributed by atoms with Gasteiger partial charge in [0, 0.05) is 29.9 Å². The SMILES string of the molecule is COc1ccc(/C=C/C(=O)C=C2N(C)c3ccccc3C2(C)C)cc1. The lowest BCUT2D eigenvalue weighted by atomic mass is 9.83. The minimum absolute atomic E-state index is 0.0152. The molecular weight excluding hydrogens is 310 g/mol. The number of para-hydroxylation sites is 1. The summed E-state index contributed by atoms with van der Waals surface area (Å²) in [6.07, 6.45) is 5.18. The van der Waals surface area contributed by atoms with E-state index in [0.29, 0.717) is 0 Å². The van der Waals surface area contributed by atoms with Crippen molar-refractivity contribution >= 4 is 17.5 Å². The third kappa shape index (κ3) is 3.22. The van der Waals surface area contributed by atoms with Crippen molar-refractivity contribution < 1.29 is 9.53 Å². The Kier molecular flexibility index (Phi) is 4.49. The molecule has 2 aromatic carbocycles. The van der Waals surface area contributed by atoms with Gasteiger partial charge in [-0.05, 0) is 35.4 Å². The van der Waals surface area contributed by atoms with Crippen LogP contribution in [0.15, 0.2) is 66.4 Å². The summed E-state index contributed by atoms with van der Waals surface area (Å²) in [6.45, 7) is 4.31. The Labute approximate surface area is 149 Å². The third-order valence-electron chi connectivity index (χ3n) is 4.78. The molecular formula is C22H23NO2. The van der Waals surface area contributed by atoms with E-state index in [1.807, 2.05) is 49.5 Å². The summed E-state index contributed by atoms with van der Waals surface area (Å²) in [4.78, 5) is 14.6. The molecule has 0 unspecified atom stereocenters. The highest BCUT2D eigenvalue weighted by Crippen LogP contribution is 2.46. The zero-order chi connectivity index (χ0) is 18.0. The highest BCUT2D eigenvalue weighted by Gasteiger charge is 2.38. The fourth-order valence-corrected chi connectivity index (χ4v) is 3.34. The van der Waals surface area contributed by atoms with E-state index in [1.54, 1.807) is 19.3 Å². The van der Waals surface area contributed by atoms with Gasteiger partial charge in [-0.1, -0.05) is 50.3 Å². The molecule has 1 aliphatic rings. The van der Waals surface area contributed by atoms with Gasteiger partial charge in [-0.15, -0.1) is 0 Å². The van der Waals surface area contributed by atoms with Crippen molar-refractivity contribution in [1.29, 1.82) is 0 Å². The number of benzene rings is 2. The van der Waals surface area contributed by atoms with Crippen molar-refractivity contribution in [2.24, 2.45) is 0 Å². The zero-order valence-electron chi connectivity index (χ0n) is 15.1. The number of carbonyl (C=O) groups is 1. The van der Waals surface area contributed by atoms with E-state index >= 15 is 0 Å². The second-order valence-electron chi connectivity index (χ2n) is 6.74. The van der Waals surface area contributed by atoms with Crippen LogP contribution in [0, 0.1) is 0 Å². The summed E-state index contributed by atoms with van der Waals surface area (Å²) in [5.74, 6) is 0.788. The Morgan fingerprint density at radius 3 is 2.40 bits per heavy atom. The second-order valence-corrected chi connectivity index (χ2v) is 6.74. The van der Waals surface area contributed by atoms with Crippen LogP contribution in [0.3, 0.4) is 0 Å². The number of allylic oxidation sites excluding steroid dienone is 3. The molecule has 0 spiro atoms. The van der Waals surface area contributed by atoms with Gasteiger partial charge < -0.3 is 9.64 Å². The van der Waals surface area contributed by atoms with Crippen LogP contribution < -0.4 is 9.64 Å². The number of hydrogen-bond donors (Lipinski definition) is 0. The quantitative estimate of drug-likeness (QED) is 0.767. The van der Waals surface area contributed by atoms with E-state index in [2.05, 4.69) is 30.9 Å². The van der Waals surface area contributed by atoms with Gasteiger partial charge in [0.05, 0.1) is 7.11 Å². The van der Waals surface area contributed by atoms with Crippen LogP contribution in [0.1, 0.15) is 25.0 Å². The maximum absolute atomic E-state index is 12.5. The van der Waals surface area contributed by atoms with E-state index in [0.717, 1.165) is 22.7 Å². The molecule has 3 heteroatoms. The lowest BCUT2D eigenvalue weighted by Crippen LogP contribution is -2.23. The first-order chi connectivity index (χ1) is 11.9. The summed E-state index contributed by atoms with van der Waals surface area (Å²) < 4.78 is 5.14. The molecule has 1 heterocycles. The predicted octanol–water partition coefficient (Wildman–Crippen LogP) is 4.59. The van der Waals surface area contributed by atoms with Crippen molar-refractivity contribution in [3.63, 3.8) is 0 Å². The van der Waals surface area contributed by atoms with E-state index < -0.39 is 0 Å². The molecule has 1 aliphatic heterocycles. The van der Waals surface area contributed by atoms with Crippen molar-refractivity contribution in [3.8, 4) is 5.75 Å². The monoisotopic (exact) mass is 333 g/mol. The number of nitrogens with zero attached hydrogens (tertiary/aromatic N) is 1. The molecule has 0 bridgehead atoms. The molecule has 0 aromatic heterocycles. The molecule has 3 rings (SSSR count). The Bertz CT molecular complexity index is 845. The average molecular weight is 333 g/mol. The topological polar surface area (TPSA) is 29.5 Å². The minimum atomic E-state index is -0.186. The summed E-state index contributed by atoms with van der Waals surface area (Å²) >= 11 is 0. The van der Waals surface area contributed by atoms with Crippen LogP contribution in [0.25, 0.3) is 6.08 Å². The number of carbonyl (C=O) groups excluding carboxylic acids is 1. The number of rotatable bonds is 4. The maximum Gasteiger partial charge on any atom is 0.180 e. The smallest absolute Gasteiger partial charge is 0.180 e. The molecule has 0 atom stereocenters. The Hall–Kier alpha value is -2.81. The molecule has 0 fully saturated rings. The van der Waals surface area contributed by atoms with Crippen LogP contribution in [0.4, 0.5) is 5.69 Å². The molecule has 25 heavy (non-hydrogen) atoms. The summed E-state index contributed by atoms with van der Waals surface area (Å²) in [5, 5.41) is 0.